The average Bonchev–Trinajstić information content (AvgIpc) is 2.61. The number of rotatable bonds is 6. The molecule has 0 spiro atoms. The number of piperidine rings is 1. The minimum Gasteiger partial charge on any atom is -0.466 e. The van der Waals surface area contributed by atoms with Crippen LogP contribution in [-0.4, -0.2) is 57.2 Å². The van der Waals surface area contributed by atoms with Crippen LogP contribution in [0, 0.1) is 5.92 Å². The van der Waals surface area contributed by atoms with Crippen molar-refractivity contribution in [3.05, 3.63) is 30.3 Å². The lowest BCUT2D eigenvalue weighted by atomic mass is 9.96. The number of hydrogen-bond donors (Lipinski definition) is 0. The van der Waals surface area contributed by atoms with Crippen LogP contribution in [0.5, 0.6) is 0 Å². The number of ether oxygens (including phenoxy) is 1. The molecule has 1 heterocycles. The molecule has 8 heteroatoms. The summed E-state index contributed by atoms with van der Waals surface area (Å²) in [5.41, 5.74) is 0.456. The molecule has 1 aliphatic rings. The predicted octanol–water partition coefficient (Wildman–Crippen LogP) is 1.64. The molecule has 0 radical (unpaired) electrons. The first kappa shape index (κ1) is 20.2. The van der Waals surface area contributed by atoms with Gasteiger partial charge in [-0.3, -0.25) is 13.9 Å². The number of anilines is 1. The molecular formula is C18H26N2O5S. The molecule has 7 nitrogen and oxygen atoms in total. The Morgan fingerprint density at radius 2 is 1.81 bits per heavy atom. The Morgan fingerprint density at radius 3 is 2.31 bits per heavy atom. The van der Waals surface area contributed by atoms with Gasteiger partial charge in [0.1, 0.15) is 6.04 Å². The fourth-order valence-electron chi connectivity index (χ4n) is 3.24. The number of carbonyl (C=O) groups excluding carboxylic acids is 2. The smallest absolute Gasteiger partial charge is 0.309 e. The Labute approximate surface area is 155 Å². The van der Waals surface area contributed by atoms with E-state index < -0.39 is 16.1 Å². The van der Waals surface area contributed by atoms with E-state index in [1.165, 1.54) is 0 Å². The van der Waals surface area contributed by atoms with E-state index in [1.807, 2.05) is 0 Å². The van der Waals surface area contributed by atoms with E-state index in [0.717, 1.165) is 10.6 Å². The molecule has 1 amide bonds. The number of benzene rings is 1. The van der Waals surface area contributed by atoms with E-state index in [-0.39, 0.29) is 17.8 Å². The van der Waals surface area contributed by atoms with E-state index >= 15 is 0 Å². The fourth-order valence-corrected chi connectivity index (χ4v) is 4.41. The third kappa shape index (κ3) is 4.75. The van der Waals surface area contributed by atoms with Gasteiger partial charge in [0.15, 0.2) is 0 Å². The molecule has 0 N–H and O–H groups in total. The Kier molecular flexibility index (Phi) is 6.63. The number of carbonyl (C=O) groups is 2. The lowest BCUT2D eigenvalue weighted by Gasteiger charge is -2.36. The van der Waals surface area contributed by atoms with Gasteiger partial charge in [-0.05, 0) is 38.8 Å². The molecule has 1 atom stereocenters. The monoisotopic (exact) mass is 382 g/mol. The molecule has 1 fully saturated rings. The minimum atomic E-state index is -3.62. The van der Waals surface area contributed by atoms with Crippen molar-refractivity contribution < 1.29 is 22.7 Å². The number of nitrogens with zero attached hydrogens (tertiary/aromatic N) is 2. The molecule has 2 rings (SSSR count). The van der Waals surface area contributed by atoms with E-state index in [9.17, 15) is 18.0 Å². The van der Waals surface area contributed by atoms with E-state index in [0.29, 0.717) is 38.2 Å². The summed E-state index contributed by atoms with van der Waals surface area (Å²) in [5, 5.41) is 0. The molecule has 1 unspecified atom stereocenters. The lowest BCUT2D eigenvalue weighted by molar-refractivity contribution is -0.151. The lowest BCUT2D eigenvalue weighted by Crippen LogP contribution is -2.51. The van der Waals surface area contributed by atoms with E-state index in [2.05, 4.69) is 0 Å². The first-order chi connectivity index (χ1) is 12.3. The van der Waals surface area contributed by atoms with Gasteiger partial charge in [0, 0.05) is 13.1 Å². The molecular weight excluding hydrogens is 356 g/mol. The summed E-state index contributed by atoms with van der Waals surface area (Å²) in [6.07, 6.45) is 2.15. The standard InChI is InChI=1S/C18H26N2O5S/c1-4-25-18(22)15-10-12-19(13-11-15)17(21)14(2)20(26(3,23)24)16-8-6-5-7-9-16/h5-9,14-15H,4,10-13H2,1-3H3. The quantitative estimate of drug-likeness (QED) is 0.699. The topological polar surface area (TPSA) is 84.0 Å². The normalized spacial score (nSPS) is 16.8. The van der Waals surface area contributed by atoms with Gasteiger partial charge in [-0.1, -0.05) is 18.2 Å². The second-order valence-corrected chi connectivity index (χ2v) is 8.28. The van der Waals surface area contributed by atoms with E-state index in [1.54, 1.807) is 49.1 Å². The van der Waals surface area contributed by atoms with Gasteiger partial charge >= 0.3 is 5.97 Å². The summed E-state index contributed by atoms with van der Waals surface area (Å²) in [7, 11) is -3.62. The van der Waals surface area contributed by atoms with Crippen LogP contribution in [0.2, 0.25) is 0 Å². The maximum atomic E-state index is 12.9. The second-order valence-electron chi connectivity index (χ2n) is 6.42. The average molecular weight is 382 g/mol. The molecule has 144 valence electrons. The van der Waals surface area contributed by atoms with Crippen LogP contribution in [0.15, 0.2) is 30.3 Å². The number of sulfonamides is 1. The van der Waals surface area contributed by atoms with Crippen molar-refractivity contribution in [3.63, 3.8) is 0 Å². The highest BCUT2D eigenvalue weighted by molar-refractivity contribution is 7.92. The van der Waals surface area contributed by atoms with Gasteiger partial charge in [0.2, 0.25) is 15.9 Å². The largest absolute Gasteiger partial charge is 0.466 e. The van der Waals surface area contributed by atoms with Crippen LogP contribution in [0.1, 0.15) is 26.7 Å². The van der Waals surface area contributed by atoms with Gasteiger partial charge in [-0.15, -0.1) is 0 Å². The van der Waals surface area contributed by atoms with Crippen LogP contribution in [-0.2, 0) is 24.3 Å². The Hall–Kier alpha value is -2.09. The molecule has 0 saturated carbocycles. The Balaban J connectivity index is 2.09. The van der Waals surface area contributed by atoms with Crippen molar-refractivity contribution in [2.75, 3.05) is 30.3 Å². The number of amides is 1. The molecule has 1 aliphatic heterocycles. The number of esters is 1. The number of likely N-dealkylation sites (tertiary alicyclic amines) is 1. The third-order valence-electron chi connectivity index (χ3n) is 4.50. The summed E-state index contributed by atoms with van der Waals surface area (Å²) in [5.74, 6) is -0.689. The summed E-state index contributed by atoms with van der Waals surface area (Å²) in [6.45, 7) is 4.53. The predicted molar refractivity (Wildman–Crippen MR) is 99.2 cm³/mol. The molecule has 1 aromatic carbocycles. The molecule has 1 aromatic rings. The van der Waals surface area contributed by atoms with Gasteiger partial charge in [-0.2, -0.15) is 0 Å². The van der Waals surface area contributed by atoms with Crippen molar-refractivity contribution in [1.82, 2.24) is 4.90 Å². The van der Waals surface area contributed by atoms with Crippen molar-refractivity contribution in [3.8, 4) is 0 Å². The molecule has 1 saturated heterocycles. The van der Waals surface area contributed by atoms with Gasteiger partial charge in [-0.25, -0.2) is 8.42 Å². The number of hydrogen-bond acceptors (Lipinski definition) is 5. The van der Waals surface area contributed by atoms with Crippen molar-refractivity contribution in [2.24, 2.45) is 5.92 Å². The first-order valence-corrected chi connectivity index (χ1v) is 10.6. The minimum absolute atomic E-state index is 0.200. The van der Waals surface area contributed by atoms with Crippen molar-refractivity contribution in [2.45, 2.75) is 32.7 Å². The van der Waals surface area contributed by atoms with Crippen LogP contribution in [0.3, 0.4) is 0 Å². The first-order valence-electron chi connectivity index (χ1n) is 8.75. The Bertz CT molecular complexity index is 727. The second kappa shape index (κ2) is 8.53. The van der Waals surface area contributed by atoms with Gasteiger partial charge < -0.3 is 9.64 Å². The summed E-state index contributed by atoms with van der Waals surface area (Å²) >= 11 is 0. The third-order valence-corrected chi connectivity index (χ3v) is 5.75. The highest BCUT2D eigenvalue weighted by atomic mass is 32.2. The van der Waals surface area contributed by atoms with Crippen molar-refractivity contribution in [1.29, 1.82) is 0 Å². The highest BCUT2D eigenvalue weighted by Crippen LogP contribution is 2.24. The van der Waals surface area contributed by atoms with Crippen LogP contribution in [0.25, 0.3) is 0 Å². The fraction of sp³-hybridized carbons (Fsp3) is 0.556. The maximum Gasteiger partial charge on any atom is 0.309 e. The van der Waals surface area contributed by atoms with E-state index in [4.69, 9.17) is 4.74 Å². The van der Waals surface area contributed by atoms with Gasteiger partial charge in [0.25, 0.3) is 0 Å². The van der Waals surface area contributed by atoms with Crippen LogP contribution >= 0.6 is 0 Å². The summed E-state index contributed by atoms with van der Waals surface area (Å²) in [4.78, 5) is 26.3. The molecule has 26 heavy (non-hydrogen) atoms. The van der Waals surface area contributed by atoms with Crippen molar-refractivity contribution >= 4 is 27.6 Å². The van der Waals surface area contributed by atoms with Crippen LogP contribution in [0.4, 0.5) is 5.69 Å². The number of para-hydroxylation sites is 1. The van der Waals surface area contributed by atoms with Gasteiger partial charge in [0.05, 0.1) is 24.5 Å². The summed E-state index contributed by atoms with van der Waals surface area (Å²) < 4.78 is 30.7. The Morgan fingerprint density at radius 1 is 1.23 bits per heavy atom. The zero-order chi connectivity index (χ0) is 19.3. The highest BCUT2D eigenvalue weighted by Gasteiger charge is 2.35. The molecule has 0 aromatic heterocycles. The molecule has 0 aliphatic carbocycles. The zero-order valence-electron chi connectivity index (χ0n) is 15.4. The summed E-state index contributed by atoms with van der Waals surface area (Å²) in [6, 6.07) is 7.73. The van der Waals surface area contributed by atoms with Crippen LogP contribution < -0.4 is 4.31 Å². The maximum absolute atomic E-state index is 12.9. The zero-order valence-corrected chi connectivity index (χ0v) is 16.2. The SMILES string of the molecule is CCOC(=O)C1CCN(C(=O)C(C)N(c2ccccc2)S(C)(=O)=O)CC1. The molecule has 0 bridgehead atoms.